The summed E-state index contributed by atoms with van der Waals surface area (Å²) in [6.45, 7) is 0. The molecule has 11 aromatic carbocycles. The molecule has 0 saturated heterocycles. The summed E-state index contributed by atoms with van der Waals surface area (Å²) in [7, 11) is 0. The van der Waals surface area contributed by atoms with Gasteiger partial charge in [0, 0.05) is 68.8 Å². The van der Waals surface area contributed by atoms with Crippen LogP contribution in [-0.4, -0.2) is 18.3 Å². The Morgan fingerprint density at radius 3 is 0.877 bits per heavy atom. The summed E-state index contributed by atoms with van der Waals surface area (Å²) in [5.41, 5.74) is 14.3. The van der Waals surface area contributed by atoms with Crippen molar-refractivity contribution in [1.82, 2.24) is 18.3 Å². The third-order valence-corrected chi connectivity index (χ3v) is 16.5. The van der Waals surface area contributed by atoms with Gasteiger partial charge in [-0.15, -0.1) is 11.3 Å². The SMILES string of the molecule is N#Cc1c(-n2c3ccccc3c3ccccc32)c(-n2c3ccccc3c3ccccc32)c(-c2ccc3c(c2)sc2ccccc23)c(-n2c3ccccc3c3ccccc32)c1-n1c2ccccc2c2ccccc21. The van der Waals surface area contributed by atoms with E-state index in [0.717, 1.165) is 121 Å². The van der Waals surface area contributed by atoms with Crippen LogP contribution in [0.5, 0.6) is 0 Å². The maximum Gasteiger partial charge on any atom is 0.104 e. The Kier molecular flexibility index (Phi) is 8.33. The highest BCUT2D eigenvalue weighted by atomic mass is 32.1. The van der Waals surface area contributed by atoms with Gasteiger partial charge in [0.2, 0.25) is 0 Å². The Bertz CT molecular complexity index is 4600. The van der Waals surface area contributed by atoms with Gasteiger partial charge in [-0.2, -0.15) is 5.26 Å². The zero-order chi connectivity index (χ0) is 47.9. The number of fused-ring (bicyclic) bond motifs is 15. The van der Waals surface area contributed by atoms with Crippen molar-refractivity contribution in [3.63, 3.8) is 0 Å². The molecule has 6 heteroatoms. The van der Waals surface area contributed by atoms with Crippen molar-refractivity contribution in [2.24, 2.45) is 0 Å². The van der Waals surface area contributed by atoms with Gasteiger partial charge in [0.1, 0.15) is 11.6 Å². The van der Waals surface area contributed by atoms with Gasteiger partial charge < -0.3 is 18.3 Å². The zero-order valence-electron chi connectivity index (χ0n) is 39.2. The average Bonchev–Trinajstić information content (AvgIpc) is 4.29. The van der Waals surface area contributed by atoms with Crippen molar-refractivity contribution in [2.45, 2.75) is 0 Å². The van der Waals surface area contributed by atoms with Crippen LogP contribution in [0.3, 0.4) is 0 Å². The normalized spacial score (nSPS) is 12.1. The standard InChI is InChI=1S/C67H39N5S/c68-40-52-64(69-53-28-10-1-19-42(53)43-20-2-11-29-54(43)69)66(71-57-32-14-5-23-46(57)47-24-6-15-33-58(47)71)63(41-37-38-51-50-27-9-18-36-61(50)73-62(51)39-41)67(72-59-34-16-7-25-48(59)49-26-8-17-35-60(49)72)65(52)70-55-30-12-3-21-44(55)45-22-4-13-31-56(45)70/h1-39H. The lowest BCUT2D eigenvalue weighted by Gasteiger charge is -2.29. The highest BCUT2D eigenvalue weighted by Gasteiger charge is 2.35. The summed E-state index contributed by atoms with van der Waals surface area (Å²) in [6, 6.07) is 88.7. The fourth-order valence-corrected chi connectivity index (χ4v) is 13.6. The highest BCUT2D eigenvalue weighted by molar-refractivity contribution is 7.25. The molecule has 0 aliphatic carbocycles. The number of hydrogen-bond acceptors (Lipinski definition) is 2. The van der Waals surface area contributed by atoms with Gasteiger partial charge in [-0.05, 0) is 66.2 Å². The topological polar surface area (TPSA) is 43.5 Å². The molecule has 0 N–H and O–H groups in total. The van der Waals surface area contributed by atoms with E-state index in [2.05, 4.69) is 261 Å². The number of nitriles is 1. The third-order valence-electron chi connectivity index (χ3n) is 15.4. The van der Waals surface area contributed by atoms with E-state index >= 15 is 0 Å². The van der Waals surface area contributed by atoms with Gasteiger partial charge in [-0.3, -0.25) is 0 Å². The van der Waals surface area contributed by atoms with Gasteiger partial charge >= 0.3 is 0 Å². The fraction of sp³-hybridized carbons (Fsp3) is 0. The zero-order valence-corrected chi connectivity index (χ0v) is 40.0. The number of para-hydroxylation sites is 8. The van der Waals surface area contributed by atoms with Crippen molar-refractivity contribution in [3.8, 4) is 39.9 Å². The maximum absolute atomic E-state index is 12.8. The van der Waals surface area contributed by atoms with Crippen molar-refractivity contribution >= 4 is 119 Å². The molecular formula is C67H39N5S. The Balaban J connectivity index is 1.27. The summed E-state index contributed by atoms with van der Waals surface area (Å²) in [5.74, 6) is 0. The van der Waals surface area contributed by atoms with Crippen molar-refractivity contribution in [3.05, 3.63) is 242 Å². The van der Waals surface area contributed by atoms with Crippen molar-refractivity contribution in [1.29, 1.82) is 5.26 Å². The second kappa shape index (κ2) is 15.2. The first kappa shape index (κ1) is 40.1. The summed E-state index contributed by atoms with van der Waals surface area (Å²) in [4.78, 5) is 0. The van der Waals surface area contributed by atoms with E-state index in [1.54, 1.807) is 0 Å². The minimum atomic E-state index is 0.554. The first-order chi connectivity index (χ1) is 36.2. The highest BCUT2D eigenvalue weighted by Crippen LogP contribution is 2.52. The van der Waals surface area contributed by atoms with E-state index in [4.69, 9.17) is 0 Å². The number of hydrogen-bond donors (Lipinski definition) is 0. The number of thiophene rings is 1. The quantitative estimate of drug-likeness (QED) is 0.170. The lowest BCUT2D eigenvalue weighted by Crippen LogP contribution is -2.16. The van der Waals surface area contributed by atoms with Crippen LogP contribution >= 0.6 is 11.3 Å². The molecule has 0 radical (unpaired) electrons. The Morgan fingerprint density at radius 2 is 0.548 bits per heavy atom. The molecule has 5 aromatic heterocycles. The molecule has 0 amide bonds. The predicted molar refractivity (Wildman–Crippen MR) is 307 cm³/mol. The molecule has 0 fully saturated rings. The number of rotatable bonds is 5. The Hall–Kier alpha value is -9.67. The van der Waals surface area contributed by atoms with Crippen LogP contribution in [-0.2, 0) is 0 Å². The van der Waals surface area contributed by atoms with Gasteiger partial charge in [0.15, 0.2) is 0 Å². The minimum Gasteiger partial charge on any atom is -0.306 e. The molecule has 0 atom stereocenters. The van der Waals surface area contributed by atoms with Crippen LogP contribution < -0.4 is 0 Å². The van der Waals surface area contributed by atoms with Crippen LogP contribution in [0.25, 0.3) is 141 Å². The smallest absolute Gasteiger partial charge is 0.104 e. The number of nitrogens with zero attached hydrogens (tertiary/aromatic N) is 5. The Morgan fingerprint density at radius 1 is 0.274 bits per heavy atom. The minimum absolute atomic E-state index is 0.554. The summed E-state index contributed by atoms with van der Waals surface area (Å²) >= 11 is 1.83. The van der Waals surface area contributed by atoms with E-state index < -0.39 is 0 Å². The molecular weight excluding hydrogens is 907 g/mol. The van der Waals surface area contributed by atoms with Gasteiger partial charge in [-0.1, -0.05) is 176 Å². The summed E-state index contributed by atoms with van der Waals surface area (Å²) in [5, 5.41) is 24.3. The molecule has 0 bridgehead atoms. The van der Waals surface area contributed by atoms with Gasteiger partial charge in [0.05, 0.1) is 66.9 Å². The molecule has 0 aliphatic heterocycles. The fourth-order valence-electron chi connectivity index (χ4n) is 12.5. The third kappa shape index (κ3) is 5.43. The first-order valence-corrected chi connectivity index (χ1v) is 25.6. The molecule has 5 heterocycles. The average molecular weight is 946 g/mol. The van der Waals surface area contributed by atoms with E-state index in [1.807, 2.05) is 11.3 Å². The van der Waals surface area contributed by atoms with Crippen LogP contribution in [0.4, 0.5) is 0 Å². The van der Waals surface area contributed by atoms with Crippen LogP contribution in [0, 0.1) is 11.3 Å². The number of aromatic nitrogens is 4. The molecule has 0 spiro atoms. The van der Waals surface area contributed by atoms with E-state index in [0.29, 0.717) is 5.56 Å². The molecule has 5 nitrogen and oxygen atoms in total. The maximum atomic E-state index is 12.8. The molecule has 16 aromatic rings. The van der Waals surface area contributed by atoms with Gasteiger partial charge in [-0.25, -0.2) is 0 Å². The van der Waals surface area contributed by atoms with E-state index in [1.165, 1.54) is 20.2 Å². The van der Waals surface area contributed by atoms with Crippen molar-refractivity contribution in [2.75, 3.05) is 0 Å². The van der Waals surface area contributed by atoms with E-state index in [-0.39, 0.29) is 0 Å². The molecule has 0 unspecified atom stereocenters. The summed E-state index contributed by atoms with van der Waals surface area (Å²) < 4.78 is 12.2. The number of benzene rings is 11. The lowest BCUT2D eigenvalue weighted by atomic mass is 9.93. The van der Waals surface area contributed by atoms with Crippen molar-refractivity contribution < 1.29 is 0 Å². The second-order valence-electron chi connectivity index (χ2n) is 19.0. The largest absolute Gasteiger partial charge is 0.306 e. The van der Waals surface area contributed by atoms with Crippen LogP contribution in [0.15, 0.2) is 237 Å². The predicted octanol–water partition coefficient (Wildman–Crippen LogP) is 18.0. The van der Waals surface area contributed by atoms with Crippen LogP contribution in [0.1, 0.15) is 5.56 Å². The van der Waals surface area contributed by atoms with Gasteiger partial charge in [0.25, 0.3) is 0 Å². The first-order valence-electron chi connectivity index (χ1n) is 24.7. The molecule has 338 valence electrons. The van der Waals surface area contributed by atoms with E-state index in [9.17, 15) is 5.26 Å². The molecule has 0 aliphatic rings. The molecule has 73 heavy (non-hydrogen) atoms. The Labute approximate surface area is 422 Å². The second-order valence-corrected chi connectivity index (χ2v) is 20.1. The van der Waals surface area contributed by atoms with Crippen LogP contribution in [0.2, 0.25) is 0 Å². The molecule has 0 saturated carbocycles. The monoisotopic (exact) mass is 945 g/mol. The lowest BCUT2D eigenvalue weighted by molar-refractivity contribution is 1.04. The summed E-state index contributed by atoms with van der Waals surface area (Å²) in [6.07, 6.45) is 0. The molecule has 16 rings (SSSR count).